The normalized spacial score (nSPS) is 17.2. The molecule has 8 nitrogen and oxygen atoms in total. The summed E-state index contributed by atoms with van der Waals surface area (Å²) in [6.07, 6.45) is 5.91. The van der Waals surface area contributed by atoms with E-state index in [0.717, 1.165) is 37.1 Å². The van der Waals surface area contributed by atoms with Gasteiger partial charge in [0, 0.05) is 34.6 Å². The van der Waals surface area contributed by atoms with Gasteiger partial charge in [0.05, 0.1) is 25.5 Å². The average Bonchev–Trinajstić information content (AvgIpc) is 3.62. The van der Waals surface area contributed by atoms with Gasteiger partial charge < -0.3 is 15.0 Å². The molecule has 1 fully saturated rings. The highest BCUT2D eigenvalue weighted by molar-refractivity contribution is 7.19. The maximum atomic E-state index is 11.8. The van der Waals surface area contributed by atoms with E-state index in [9.17, 15) is 4.79 Å². The first-order chi connectivity index (χ1) is 17.0. The minimum atomic E-state index is 0.0964. The van der Waals surface area contributed by atoms with Crippen LogP contribution in [0.1, 0.15) is 65.7 Å². The molecular weight excluding hydrogens is 460 g/mol. The van der Waals surface area contributed by atoms with Crippen LogP contribution >= 0.6 is 11.3 Å². The molecule has 4 aromatic heterocycles. The molecule has 6 rings (SSSR count). The summed E-state index contributed by atoms with van der Waals surface area (Å²) in [4.78, 5) is 25.1. The number of ether oxygens (including phenoxy) is 1. The van der Waals surface area contributed by atoms with E-state index >= 15 is 0 Å². The number of aromatic nitrogens is 4. The van der Waals surface area contributed by atoms with Crippen LogP contribution in [0.15, 0.2) is 12.5 Å². The molecule has 1 saturated heterocycles. The number of likely N-dealkylation sites (tertiary alicyclic amines) is 1. The van der Waals surface area contributed by atoms with Crippen molar-refractivity contribution in [3.8, 4) is 11.3 Å². The molecule has 2 N–H and O–H groups in total. The second-order valence-corrected chi connectivity index (χ2v) is 11.2. The van der Waals surface area contributed by atoms with Crippen molar-refractivity contribution in [1.29, 1.82) is 0 Å². The number of nitrogens with zero attached hydrogens (tertiary/aromatic N) is 4. The van der Waals surface area contributed by atoms with Crippen molar-refractivity contribution in [3.05, 3.63) is 39.7 Å². The standard InChI is InChI=1S/C26H32N6O2S/c1-14(2)21-22-15(3)24(16-5-7-31(8-6-16)10-20(33)27-4)35-26(22)30-23(21)17-9-32-25(28-13-29-32)19-12-34-11-18(17)19/h9,13-14,16,30H,5-8,10-12H2,1-4H3,(H,27,33). The molecule has 1 amide bonds. The third-order valence-electron chi connectivity index (χ3n) is 7.69. The highest BCUT2D eigenvalue weighted by Crippen LogP contribution is 2.47. The maximum Gasteiger partial charge on any atom is 0.233 e. The topological polar surface area (TPSA) is 87.6 Å². The van der Waals surface area contributed by atoms with Gasteiger partial charge in [-0.1, -0.05) is 13.8 Å². The molecule has 35 heavy (non-hydrogen) atoms. The molecule has 0 aromatic carbocycles. The van der Waals surface area contributed by atoms with Crippen LogP contribution in [0, 0.1) is 6.92 Å². The molecule has 0 saturated carbocycles. The summed E-state index contributed by atoms with van der Waals surface area (Å²) in [5, 5.41) is 8.55. The predicted molar refractivity (Wildman–Crippen MR) is 138 cm³/mol. The fraction of sp³-hybridized carbons (Fsp3) is 0.500. The summed E-state index contributed by atoms with van der Waals surface area (Å²) in [5.74, 6) is 1.02. The van der Waals surface area contributed by atoms with E-state index in [2.05, 4.69) is 52.3 Å². The number of nitrogens with one attached hydrogen (secondary N) is 2. The molecule has 6 heterocycles. The minimum absolute atomic E-state index is 0.0964. The molecule has 0 radical (unpaired) electrons. The zero-order valence-corrected chi connectivity index (χ0v) is 21.6. The van der Waals surface area contributed by atoms with Crippen LogP contribution in [0.5, 0.6) is 0 Å². The second kappa shape index (κ2) is 8.72. The zero-order valence-electron chi connectivity index (χ0n) is 20.8. The van der Waals surface area contributed by atoms with Gasteiger partial charge in [-0.2, -0.15) is 5.10 Å². The lowest BCUT2D eigenvalue weighted by molar-refractivity contribution is -0.122. The van der Waals surface area contributed by atoms with Gasteiger partial charge in [0.25, 0.3) is 0 Å². The van der Waals surface area contributed by atoms with Crippen molar-refractivity contribution in [3.63, 3.8) is 0 Å². The van der Waals surface area contributed by atoms with E-state index in [1.165, 1.54) is 43.0 Å². The molecule has 0 unspecified atom stereocenters. The number of hydrogen-bond donors (Lipinski definition) is 2. The first kappa shape index (κ1) is 22.7. The summed E-state index contributed by atoms with van der Waals surface area (Å²) in [6, 6.07) is 0. The second-order valence-electron chi connectivity index (χ2n) is 10.1. The van der Waals surface area contributed by atoms with E-state index < -0.39 is 0 Å². The van der Waals surface area contributed by atoms with Crippen LogP contribution in [-0.4, -0.2) is 57.1 Å². The molecule has 4 aromatic rings. The van der Waals surface area contributed by atoms with Crippen molar-refractivity contribution in [2.45, 2.75) is 58.7 Å². The SMILES string of the molecule is CNC(=O)CN1CCC(c2sc3[nH]c(-c4cn5ncnc5c5c4COC5)c(C(C)C)c3c2C)CC1. The molecule has 184 valence electrons. The van der Waals surface area contributed by atoms with Crippen molar-refractivity contribution in [1.82, 2.24) is 29.8 Å². The number of carbonyl (C=O) groups excluding carboxylic acids is 1. The van der Waals surface area contributed by atoms with Crippen molar-refractivity contribution < 1.29 is 9.53 Å². The Bertz CT molecular complexity index is 1420. The number of piperidine rings is 1. The van der Waals surface area contributed by atoms with Crippen LogP contribution in [0.3, 0.4) is 0 Å². The highest BCUT2D eigenvalue weighted by atomic mass is 32.1. The minimum Gasteiger partial charge on any atom is -0.372 e. The van der Waals surface area contributed by atoms with Gasteiger partial charge in [-0.05, 0) is 61.4 Å². The Balaban J connectivity index is 1.39. The highest BCUT2D eigenvalue weighted by Gasteiger charge is 2.30. The van der Waals surface area contributed by atoms with E-state index in [1.807, 2.05) is 15.9 Å². The smallest absolute Gasteiger partial charge is 0.233 e. The first-order valence-corrected chi connectivity index (χ1v) is 13.3. The number of rotatable bonds is 5. The van der Waals surface area contributed by atoms with Crippen LogP contribution in [0.25, 0.3) is 27.1 Å². The summed E-state index contributed by atoms with van der Waals surface area (Å²) < 4.78 is 7.73. The predicted octanol–water partition coefficient (Wildman–Crippen LogP) is 4.33. The Labute approximate surface area is 208 Å². The Morgan fingerprint density at radius 2 is 2.06 bits per heavy atom. The Kier molecular flexibility index (Phi) is 5.66. The van der Waals surface area contributed by atoms with Crippen molar-refractivity contribution >= 4 is 33.1 Å². The van der Waals surface area contributed by atoms with Crippen LogP contribution < -0.4 is 5.32 Å². The quantitative estimate of drug-likeness (QED) is 0.433. The lowest BCUT2D eigenvalue weighted by Gasteiger charge is -2.31. The zero-order chi connectivity index (χ0) is 24.3. The van der Waals surface area contributed by atoms with Crippen LogP contribution in [-0.2, 0) is 22.7 Å². The number of fused-ring (bicyclic) bond motifs is 4. The molecule has 2 aliphatic heterocycles. The fourth-order valence-electron chi connectivity index (χ4n) is 5.91. The molecule has 0 spiro atoms. The molecule has 0 atom stereocenters. The summed E-state index contributed by atoms with van der Waals surface area (Å²) in [6.45, 7) is 10.5. The third kappa shape index (κ3) is 3.68. The number of aromatic amines is 1. The largest absolute Gasteiger partial charge is 0.372 e. The fourth-order valence-corrected chi connectivity index (χ4v) is 7.31. The van der Waals surface area contributed by atoms with E-state index in [-0.39, 0.29) is 5.91 Å². The lowest BCUT2D eigenvalue weighted by atomic mass is 9.90. The van der Waals surface area contributed by atoms with Gasteiger partial charge in [0.1, 0.15) is 11.2 Å². The van der Waals surface area contributed by atoms with Gasteiger partial charge in [0.15, 0.2) is 5.65 Å². The van der Waals surface area contributed by atoms with E-state index in [1.54, 1.807) is 13.4 Å². The number of amides is 1. The van der Waals surface area contributed by atoms with Gasteiger partial charge in [-0.25, -0.2) is 9.50 Å². The number of likely N-dealkylation sites (N-methyl/N-ethyl adjacent to an activating group) is 1. The monoisotopic (exact) mass is 492 g/mol. The number of thiophene rings is 1. The van der Waals surface area contributed by atoms with Gasteiger partial charge in [-0.15, -0.1) is 11.3 Å². The molecule has 0 aliphatic carbocycles. The molecular formula is C26H32N6O2S. The number of aryl methyl sites for hydroxylation is 1. The number of H-pyrrole nitrogens is 1. The number of pyridine rings is 1. The average molecular weight is 493 g/mol. The van der Waals surface area contributed by atoms with Crippen molar-refractivity contribution in [2.24, 2.45) is 0 Å². The summed E-state index contributed by atoms with van der Waals surface area (Å²) in [5.41, 5.74) is 8.42. The Morgan fingerprint density at radius 3 is 2.80 bits per heavy atom. The van der Waals surface area contributed by atoms with E-state index in [0.29, 0.717) is 31.6 Å². The van der Waals surface area contributed by atoms with Crippen LogP contribution in [0.2, 0.25) is 0 Å². The van der Waals surface area contributed by atoms with E-state index in [4.69, 9.17) is 4.74 Å². The van der Waals surface area contributed by atoms with Crippen LogP contribution in [0.4, 0.5) is 0 Å². The molecule has 0 bridgehead atoms. The van der Waals surface area contributed by atoms with Gasteiger partial charge in [-0.3, -0.25) is 9.69 Å². The van der Waals surface area contributed by atoms with Gasteiger partial charge in [0.2, 0.25) is 5.91 Å². The van der Waals surface area contributed by atoms with Crippen molar-refractivity contribution in [2.75, 3.05) is 26.7 Å². The molecule has 2 aliphatic rings. The Hall–Kier alpha value is -2.75. The first-order valence-electron chi connectivity index (χ1n) is 12.5. The number of carbonyl (C=O) groups is 1. The number of hydrogen-bond acceptors (Lipinski definition) is 6. The third-order valence-corrected chi connectivity index (χ3v) is 9.06. The lowest BCUT2D eigenvalue weighted by Crippen LogP contribution is -2.40. The maximum absolute atomic E-state index is 11.8. The van der Waals surface area contributed by atoms with Gasteiger partial charge >= 0.3 is 0 Å². The summed E-state index contributed by atoms with van der Waals surface area (Å²) >= 11 is 1.92. The summed E-state index contributed by atoms with van der Waals surface area (Å²) in [7, 11) is 1.71. The Morgan fingerprint density at radius 1 is 1.29 bits per heavy atom. The molecule has 9 heteroatoms.